The van der Waals surface area contributed by atoms with Crippen LogP contribution in [0.3, 0.4) is 0 Å². The molecule has 0 aliphatic rings. The summed E-state index contributed by atoms with van der Waals surface area (Å²) in [5.74, 6) is 1.10. The number of hydrogen-bond acceptors (Lipinski definition) is 7. The van der Waals surface area contributed by atoms with Gasteiger partial charge in [0.1, 0.15) is 5.69 Å². The summed E-state index contributed by atoms with van der Waals surface area (Å²) < 4.78 is 12.6. The first-order chi connectivity index (χ1) is 14.7. The minimum atomic E-state index is 0.397. The Balaban J connectivity index is 1.77. The number of hydrogen-bond donors (Lipinski definition) is 1. The number of aryl methyl sites for hydroxylation is 1. The number of ether oxygens (including phenoxy) is 2. The minimum Gasteiger partial charge on any atom is -0.468 e. The first-order valence-electron chi connectivity index (χ1n) is 9.80. The molecule has 2 aromatic heterocycles. The Bertz CT molecular complexity index is 1140. The third-order valence-electron chi connectivity index (χ3n) is 4.80. The van der Waals surface area contributed by atoms with Crippen molar-refractivity contribution in [2.45, 2.75) is 26.5 Å². The number of para-hydroxylation sites is 1. The summed E-state index contributed by atoms with van der Waals surface area (Å²) in [5, 5.41) is 12.1. The Kier molecular flexibility index (Phi) is 5.85. The van der Waals surface area contributed by atoms with Crippen LogP contribution in [0, 0.1) is 0 Å². The average molecular weight is 404 g/mol. The zero-order valence-corrected chi connectivity index (χ0v) is 17.3. The predicted molar refractivity (Wildman–Crippen MR) is 115 cm³/mol. The number of aromatic nitrogens is 5. The average Bonchev–Trinajstić information content (AvgIpc) is 3.18. The molecule has 4 rings (SSSR count). The van der Waals surface area contributed by atoms with Crippen LogP contribution in [0.2, 0.25) is 0 Å². The molecule has 0 unspecified atom stereocenters. The van der Waals surface area contributed by atoms with E-state index in [1.54, 1.807) is 18.8 Å². The lowest BCUT2D eigenvalue weighted by Crippen LogP contribution is -2.12. The number of imidazole rings is 1. The quantitative estimate of drug-likeness (QED) is 0.481. The highest BCUT2D eigenvalue weighted by Gasteiger charge is 2.19. The number of nitrogens with one attached hydrogen (secondary N) is 1. The Morgan fingerprint density at radius 3 is 2.53 bits per heavy atom. The van der Waals surface area contributed by atoms with Gasteiger partial charge in [-0.05, 0) is 18.1 Å². The van der Waals surface area contributed by atoms with Crippen molar-refractivity contribution in [2.24, 2.45) is 0 Å². The third-order valence-corrected chi connectivity index (χ3v) is 4.80. The van der Waals surface area contributed by atoms with Gasteiger partial charge in [-0.1, -0.05) is 49.4 Å². The second-order valence-electron chi connectivity index (χ2n) is 6.75. The van der Waals surface area contributed by atoms with Crippen LogP contribution in [0.4, 0.5) is 5.82 Å². The lowest BCUT2D eigenvalue weighted by atomic mass is 10.2. The van der Waals surface area contributed by atoms with E-state index in [1.165, 1.54) is 0 Å². The van der Waals surface area contributed by atoms with Gasteiger partial charge in [0.05, 0.1) is 24.8 Å². The van der Waals surface area contributed by atoms with Crippen LogP contribution < -0.4 is 10.1 Å². The highest BCUT2D eigenvalue weighted by atomic mass is 16.5. The summed E-state index contributed by atoms with van der Waals surface area (Å²) >= 11 is 0. The molecule has 154 valence electrons. The molecule has 0 fully saturated rings. The molecule has 0 amide bonds. The highest BCUT2D eigenvalue weighted by Crippen LogP contribution is 2.27. The lowest BCUT2D eigenvalue weighted by Gasteiger charge is -2.12. The molecule has 0 atom stereocenters. The second-order valence-corrected chi connectivity index (χ2v) is 6.75. The highest BCUT2D eigenvalue weighted by molar-refractivity contribution is 5.81. The van der Waals surface area contributed by atoms with Gasteiger partial charge in [-0.2, -0.15) is 9.97 Å². The van der Waals surface area contributed by atoms with Crippen LogP contribution in [0.1, 0.15) is 23.7 Å². The summed E-state index contributed by atoms with van der Waals surface area (Å²) in [7, 11) is 3.24. The second kappa shape index (κ2) is 8.87. The van der Waals surface area contributed by atoms with Gasteiger partial charge in [-0.25, -0.2) is 4.57 Å². The molecule has 0 aliphatic heterocycles. The van der Waals surface area contributed by atoms with E-state index in [0.717, 1.165) is 34.3 Å². The van der Waals surface area contributed by atoms with Crippen LogP contribution in [-0.2, 0) is 24.3 Å². The maximum absolute atomic E-state index is 5.53. The molecule has 0 bridgehead atoms. The molecule has 0 saturated carbocycles. The molecule has 0 radical (unpaired) electrons. The number of anilines is 1. The Hall–Kier alpha value is -3.52. The van der Waals surface area contributed by atoms with E-state index in [2.05, 4.69) is 32.6 Å². The zero-order valence-electron chi connectivity index (χ0n) is 17.3. The van der Waals surface area contributed by atoms with Crippen molar-refractivity contribution < 1.29 is 9.47 Å². The maximum Gasteiger partial charge on any atom is 0.304 e. The minimum absolute atomic E-state index is 0.397. The molecule has 0 spiro atoms. The fraction of sp³-hybridized carbons (Fsp3) is 0.273. The number of methoxy groups -OCH3 is 2. The van der Waals surface area contributed by atoms with E-state index in [9.17, 15) is 0 Å². The number of nitrogens with zero attached hydrogens (tertiary/aromatic N) is 5. The molecule has 1 N–H and O–H groups in total. The molecule has 8 nitrogen and oxygen atoms in total. The number of benzene rings is 2. The topological polar surface area (TPSA) is 87.0 Å². The normalized spacial score (nSPS) is 11.0. The van der Waals surface area contributed by atoms with Gasteiger partial charge in [-0.3, -0.25) is 0 Å². The Morgan fingerprint density at radius 2 is 1.80 bits per heavy atom. The van der Waals surface area contributed by atoms with Crippen molar-refractivity contribution in [3.8, 4) is 12.0 Å². The van der Waals surface area contributed by atoms with Gasteiger partial charge in [-0.15, -0.1) is 10.2 Å². The maximum atomic E-state index is 5.53. The van der Waals surface area contributed by atoms with Crippen molar-refractivity contribution in [3.05, 3.63) is 65.4 Å². The van der Waals surface area contributed by atoms with Crippen LogP contribution in [-0.4, -0.2) is 39.0 Å². The molecule has 2 aromatic carbocycles. The van der Waals surface area contributed by atoms with Crippen LogP contribution >= 0.6 is 0 Å². The molecule has 30 heavy (non-hydrogen) atoms. The molecule has 4 aromatic rings. The van der Waals surface area contributed by atoms with E-state index in [1.807, 2.05) is 43.3 Å². The van der Waals surface area contributed by atoms with Crippen molar-refractivity contribution >= 4 is 16.9 Å². The summed E-state index contributed by atoms with van der Waals surface area (Å²) in [6.07, 6.45) is 0.719. The summed E-state index contributed by atoms with van der Waals surface area (Å²) in [6, 6.07) is 16.5. The smallest absolute Gasteiger partial charge is 0.304 e. The van der Waals surface area contributed by atoms with Crippen molar-refractivity contribution in [1.82, 2.24) is 24.7 Å². The van der Waals surface area contributed by atoms with Gasteiger partial charge in [0.2, 0.25) is 0 Å². The van der Waals surface area contributed by atoms with E-state index in [0.29, 0.717) is 30.9 Å². The molecular weight excluding hydrogens is 380 g/mol. The summed E-state index contributed by atoms with van der Waals surface area (Å²) in [5.41, 5.74) is 4.56. The molecule has 0 saturated heterocycles. The summed E-state index contributed by atoms with van der Waals surface area (Å²) in [4.78, 5) is 9.39. The molecule has 8 heteroatoms. The SMILES string of the molecule is CCc1nnc(-n2c(OC)nc3c(COC)cccc32)nc1NCc1ccccc1. The van der Waals surface area contributed by atoms with Gasteiger partial charge in [0, 0.05) is 19.2 Å². The molecule has 0 aliphatic carbocycles. The fourth-order valence-electron chi connectivity index (χ4n) is 3.33. The lowest BCUT2D eigenvalue weighted by molar-refractivity contribution is 0.186. The van der Waals surface area contributed by atoms with Gasteiger partial charge < -0.3 is 14.8 Å². The van der Waals surface area contributed by atoms with Crippen molar-refractivity contribution in [3.63, 3.8) is 0 Å². The first kappa shape index (κ1) is 19.8. The van der Waals surface area contributed by atoms with Gasteiger partial charge in [0.25, 0.3) is 5.95 Å². The Morgan fingerprint density at radius 1 is 0.967 bits per heavy atom. The Labute approximate surface area is 174 Å². The standard InChI is InChI=1S/C22H24N6O2/c1-4-17-20(23-13-15-9-6-5-7-10-15)25-21(27-26-17)28-18-12-8-11-16(14-29-2)19(18)24-22(28)30-3/h5-12H,4,13-14H2,1-3H3,(H,23,25,27). The van der Waals surface area contributed by atoms with Crippen molar-refractivity contribution in [1.29, 1.82) is 0 Å². The zero-order chi connectivity index (χ0) is 20.9. The monoisotopic (exact) mass is 404 g/mol. The third kappa shape index (κ3) is 3.81. The largest absolute Gasteiger partial charge is 0.468 e. The van der Waals surface area contributed by atoms with E-state index in [4.69, 9.17) is 14.5 Å². The van der Waals surface area contributed by atoms with Gasteiger partial charge >= 0.3 is 6.01 Å². The fourth-order valence-corrected chi connectivity index (χ4v) is 3.33. The van der Waals surface area contributed by atoms with E-state index >= 15 is 0 Å². The van der Waals surface area contributed by atoms with Crippen LogP contribution in [0.25, 0.3) is 17.0 Å². The first-order valence-corrected chi connectivity index (χ1v) is 9.80. The van der Waals surface area contributed by atoms with Crippen LogP contribution in [0.15, 0.2) is 48.5 Å². The molecule has 2 heterocycles. The summed E-state index contributed by atoms with van der Waals surface area (Å²) in [6.45, 7) is 3.13. The number of fused-ring (bicyclic) bond motifs is 1. The predicted octanol–water partition coefficient (Wildman–Crippen LogP) is 3.54. The van der Waals surface area contributed by atoms with E-state index < -0.39 is 0 Å². The van der Waals surface area contributed by atoms with Crippen LogP contribution in [0.5, 0.6) is 6.01 Å². The van der Waals surface area contributed by atoms with E-state index in [-0.39, 0.29) is 0 Å². The number of rotatable bonds is 8. The van der Waals surface area contributed by atoms with Crippen molar-refractivity contribution in [2.75, 3.05) is 19.5 Å². The van der Waals surface area contributed by atoms with Gasteiger partial charge in [0.15, 0.2) is 5.82 Å². The molecular formula is C22H24N6O2.